The summed E-state index contributed by atoms with van der Waals surface area (Å²) in [6.07, 6.45) is 5.91. The molecule has 3 heteroatoms. The Balaban J connectivity index is 2.06. The summed E-state index contributed by atoms with van der Waals surface area (Å²) in [4.78, 5) is 12.1. The summed E-state index contributed by atoms with van der Waals surface area (Å²) < 4.78 is 0. The molecule has 0 radical (unpaired) electrons. The quantitative estimate of drug-likeness (QED) is 0.770. The van der Waals surface area contributed by atoms with Crippen molar-refractivity contribution in [1.29, 1.82) is 0 Å². The Morgan fingerprint density at radius 2 is 2.00 bits per heavy atom. The molecule has 3 N–H and O–H groups in total. The number of amides is 1. The predicted molar refractivity (Wildman–Crippen MR) is 69.9 cm³/mol. The maximum Gasteiger partial charge on any atom is 0.253 e. The Morgan fingerprint density at radius 3 is 2.71 bits per heavy atom. The summed E-state index contributed by atoms with van der Waals surface area (Å²) in [5.74, 6) is -0.0295. The summed E-state index contributed by atoms with van der Waals surface area (Å²) in [7, 11) is 0. The Labute approximate surface area is 102 Å². The second-order valence-electron chi connectivity index (χ2n) is 4.84. The third-order valence-electron chi connectivity index (χ3n) is 3.51. The first-order chi connectivity index (χ1) is 8.18. The third-order valence-corrected chi connectivity index (χ3v) is 3.51. The molecule has 92 valence electrons. The largest absolute Gasteiger partial charge is 0.398 e. The summed E-state index contributed by atoms with van der Waals surface area (Å²) in [6.45, 7) is 1.92. The highest BCUT2D eigenvalue weighted by molar-refractivity contribution is 5.99. The Hall–Kier alpha value is -1.51. The molecule has 1 aromatic carbocycles. The standard InChI is InChI=1S/C14H20N2O/c1-10-6-5-9-12(13(10)15)14(17)16-11-7-3-2-4-8-11/h5-6,9,11H,2-4,7-8,15H2,1H3,(H,16,17). The van der Waals surface area contributed by atoms with Gasteiger partial charge in [0.25, 0.3) is 5.91 Å². The van der Waals surface area contributed by atoms with Gasteiger partial charge >= 0.3 is 0 Å². The van der Waals surface area contributed by atoms with Gasteiger partial charge in [-0.1, -0.05) is 31.4 Å². The van der Waals surface area contributed by atoms with Crippen molar-refractivity contribution in [2.45, 2.75) is 45.1 Å². The number of anilines is 1. The normalized spacial score (nSPS) is 16.8. The monoisotopic (exact) mass is 232 g/mol. The molecule has 3 nitrogen and oxygen atoms in total. The second-order valence-corrected chi connectivity index (χ2v) is 4.84. The van der Waals surface area contributed by atoms with E-state index >= 15 is 0 Å². The molecule has 0 aliphatic heterocycles. The average Bonchev–Trinajstić information content (AvgIpc) is 2.34. The fourth-order valence-electron chi connectivity index (χ4n) is 2.39. The van der Waals surface area contributed by atoms with Crippen LogP contribution in [0, 0.1) is 6.92 Å². The van der Waals surface area contributed by atoms with Crippen LogP contribution in [-0.2, 0) is 0 Å². The molecule has 1 aliphatic carbocycles. The van der Waals surface area contributed by atoms with Gasteiger partial charge in [0.15, 0.2) is 0 Å². The van der Waals surface area contributed by atoms with Crippen LogP contribution in [0.2, 0.25) is 0 Å². The molecule has 0 unspecified atom stereocenters. The van der Waals surface area contributed by atoms with E-state index in [1.807, 2.05) is 19.1 Å². The zero-order valence-electron chi connectivity index (χ0n) is 10.3. The highest BCUT2D eigenvalue weighted by Gasteiger charge is 2.18. The number of para-hydroxylation sites is 1. The first kappa shape index (κ1) is 12.0. The fourth-order valence-corrected chi connectivity index (χ4v) is 2.39. The van der Waals surface area contributed by atoms with Gasteiger partial charge in [-0.2, -0.15) is 0 Å². The van der Waals surface area contributed by atoms with Crippen molar-refractivity contribution in [3.05, 3.63) is 29.3 Å². The molecule has 1 saturated carbocycles. The first-order valence-electron chi connectivity index (χ1n) is 6.34. The zero-order chi connectivity index (χ0) is 12.3. The fraction of sp³-hybridized carbons (Fsp3) is 0.500. The van der Waals surface area contributed by atoms with Gasteiger partial charge in [0.05, 0.1) is 5.56 Å². The van der Waals surface area contributed by atoms with Crippen LogP contribution in [0.25, 0.3) is 0 Å². The van der Waals surface area contributed by atoms with Crippen molar-refractivity contribution in [3.8, 4) is 0 Å². The van der Waals surface area contributed by atoms with Gasteiger partial charge in [-0.3, -0.25) is 4.79 Å². The van der Waals surface area contributed by atoms with Crippen molar-refractivity contribution >= 4 is 11.6 Å². The molecule has 1 amide bonds. The molecule has 1 aromatic rings. The van der Waals surface area contributed by atoms with Gasteiger partial charge in [-0.05, 0) is 31.4 Å². The van der Waals surface area contributed by atoms with Gasteiger partial charge in [0.2, 0.25) is 0 Å². The average molecular weight is 232 g/mol. The molecule has 1 aliphatic rings. The van der Waals surface area contributed by atoms with Crippen LogP contribution in [0.5, 0.6) is 0 Å². The molecule has 17 heavy (non-hydrogen) atoms. The van der Waals surface area contributed by atoms with Crippen LogP contribution in [-0.4, -0.2) is 11.9 Å². The summed E-state index contributed by atoms with van der Waals surface area (Å²) in [6, 6.07) is 5.92. The molecular weight excluding hydrogens is 212 g/mol. The van der Waals surface area contributed by atoms with Crippen LogP contribution in [0.4, 0.5) is 5.69 Å². The summed E-state index contributed by atoms with van der Waals surface area (Å²) >= 11 is 0. The van der Waals surface area contributed by atoms with E-state index < -0.39 is 0 Å². The minimum Gasteiger partial charge on any atom is -0.398 e. The predicted octanol–water partition coefficient (Wildman–Crippen LogP) is 2.64. The molecule has 0 heterocycles. The lowest BCUT2D eigenvalue weighted by molar-refractivity contribution is 0.0928. The lowest BCUT2D eigenvalue weighted by Crippen LogP contribution is -2.36. The SMILES string of the molecule is Cc1cccc(C(=O)NC2CCCCC2)c1N. The first-order valence-corrected chi connectivity index (χ1v) is 6.34. The van der Waals surface area contributed by atoms with E-state index in [4.69, 9.17) is 5.73 Å². The number of hydrogen-bond acceptors (Lipinski definition) is 2. The molecule has 0 bridgehead atoms. The van der Waals surface area contributed by atoms with Gasteiger partial charge < -0.3 is 11.1 Å². The van der Waals surface area contributed by atoms with E-state index in [9.17, 15) is 4.79 Å². The summed E-state index contributed by atoms with van der Waals surface area (Å²) in [5, 5.41) is 3.08. The number of nitrogens with one attached hydrogen (secondary N) is 1. The second kappa shape index (κ2) is 5.21. The molecular formula is C14H20N2O. The highest BCUT2D eigenvalue weighted by Crippen LogP contribution is 2.20. The maximum atomic E-state index is 12.1. The van der Waals surface area contributed by atoms with Gasteiger partial charge in [0.1, 0.15) is 0 Å². The molecule has 1 fully saturated rings. The summed E-state index contributed by atoms with van der Waals surface area (Å²) in [5.41, 5.74) is 8.09. The lowest BCUT2D eigenvalue weighted by atomic mass is 9.95. The lowest BCUT2D eigenvalue weighted by Gasteiger charge is -2.23. The minimum absolute atomic E-state index is 0.0295. The molecule has 2 rings (SSSR count). The molecule has 0 aromatic heterocycles. The van der Waals surface area contributed by atoms with Crippen molar-refractivity contribution in [1.82, 2.24) is 5.32 Å². The Bertz CT molecular complexity index is 409. The highest BCUT2D eigenvalue weighted by atomic mass is 16.1. The van der Waals surface area contributed by atoms with E-state index in [2.05, 4.69) is 5.32 Å². The number of nitrogen functional groups attached to an aromatic ring is 1. The number of aryl methyl sites for hydroxylation is 1. The van der Waals surface area contributed by atoms with E-state index in [-0.39, 0.29) is 5.91 Å². The van der Waals surface area contributed by atoms with E-state index in [0.29, 0.717) is 17.3 Å². The van der Waals surface area contributed by atoms with Crippen LogP contribution < -0.4 is 11.1 Å². The van der Waals surface area contributed by atoms with E-state index in [1.165, 1.54) is 19.3 Å². The topological polar surface area (TPSA) is 55.1 Å². The van der Waals surface area contributed by atoms with Crippen LogP contribution in [0.15, 0.2) is 18.2 Å². The Kier molecular flexibility index (Phi) is 3.67. The van der Waals surface area contributed by atoms with Crippen LogP contribution in [0.1, 0.15) is 48.0 Å². The number of carbonyl (C=O) groups is 1. The number of benzene rings is 1. The van der Waals surface area contributed by atoms with Crippen LogP contribution >= 0.6 is 0 Å². The van der Waals surface area contributed by atoms with Crippen molar-refractivity contribution in [3.63, 3.8) is 0 Å². The zero-order valence-corrected chi connectivity index (χ0v) is 10.3. The van der Waals surface area contributed by atoms with Gasteiger partial charge in [0, 0.05) is 11.7 Å². The molecule has 0 saturated heterocycles. The van der Waals surface area contributed by atoms with Gasteiger partial charge in [-0.15, -0.1) is 0 Å². The van der Waals surface area contributed by atoms with Crippen molar-refractivity contribution < 1.29 is 4.79 Å². The Morgan fingerprint density at radius 1 is 1.29 bits per heavy atom. The van der Waals surface area contributed by atoms with Gasteiger partial charge in [-0.25, -0.2) is 0 Å². The van der Waals surface area contributed by atoms with E-state index in [1.54, 1.807) is 6.07 Å². The van der Waals surface area contributed by atoms with Crippen molar-refractivity contribution in [2.24, 2.45) is 0 Å². The molecule has 0 spiro atoms. The minimum atomic E-state index is -0.0295. The third kappa shape index (κ3) is 2.78. The maximum absolute atomic E-state index is 12.1. The van der Waals surface area contributed by atoms with Crippen LogP contribution in [0.3, 0.4) is 0 Å². The number of carbonyl (C=O) groups excluding carboxylic acids is 1. The smallest absolute Gasteiger partial charge is 0.253 e. The van der Waals surface area contributed by atoms with E-state index in [0.717, 1.165) is 18.4 Å². The number of rotatable bonds is 2. The molecule has 0 atom stereocenters. The number of nitrogens with two attached hydrogens (primary N) is 1. The number of hydrogen-bond donors (Lipinski definition) is 2. The van der Waals surface area contributed by atoms with Crippen molar-refractivity contribution in [2.75, 3.05) is 5.73 Å².